The molecule has 3 N–H and O–H groups in total. The molecule has 0 saturated heterocycles. The quantitative estimate of drug-likeness (QED) is 0.677. The Bertz CT molecular complexity index is 717. The van der Waals surface area contributed by atoms with Gasteiger partial charge in [0.1, 0.15) is 0 Å². The normalized spacial score (nSPS) is 10.2. The Morgan fingerprint density at radius 1 is 1.04 bits per heavy atom. The number of anilines is 1. The maximum Gasteiger partial charge on any atom is 0.251 e. The van der Waals surface area contributed by atoms with E-state index in [0.717, 1.165) is 17.7 Å². The molecule has 0 saturated carbocycles. The summed E-state index contributed by atoms with van der Waals surface area (Å²) < 4.78 is 0. The third-order valence-electron chi connectivity index (χ3n) is 3.52. The molecule has 0 bridgehead atoms. The van der Waals surface area contributed by atoms with E-state index in [2.05, 4.69) is 16.0 Å². The van der Waals surface area contributed by atoms with Gasteiger partial charge in [0.05, 0.1) is 6.54 Å². The average Bonchev–Trinajstić information content (AvgIpc) is 2.64. The number of carbonyl (C=O) groups is 2. The van der Waals surface area contributed by atoms with Crippen molar-refractivity contribution in [1.29, 1.82) is 0 Å². The van der Waals surface area contributed by atoms with E-state index in [-0.39, 0.29) is 18.4 Å². The first-order chi connectivity index (χ1) is 12.1. The Kier molecular flexibility index (Phi) is 7.29. The van der Waals surface area contributed by atoms with E-state index in [1.165, 1.54) is 0 Å². The fraction of sp³-hybridized carbons (Fsp3) is 0.263. The van der Waals surface area contributed by atoms with Crippen LogP contribution in [0.15, 0.2) is 48.5 Å². The Morgan fingerprint density at radius 2 is 1.80 bits per heavy atom. The molecular weight excluding hydrogens is 338 g/mol. The molecule has 0 spiro atoms. The van der Waals surface area contributed by atoms with E-state index in [1.54, 1.807) is 30.3 Å². The molecule has 2 amide bonds. The fourth-order valence-corrected chi connectivity index (χ4v) is 2.28. The number of nitrogens with one attached hydrogen (secondary N) is 3. The zero-order chi connectivity index (χ0) is 18.1. The highest BCUT2D eigenvalue weighted by molar-refractivity contribution is 6.30. The van der Waals surface area contributed by atoms with E-state index >= 15 is 0 Å². The molecule has 5 nitrogen and oxygen atoms in total. The SMILES string of the molecule is CCCNC(=O)c1cccc(NCC(=O)NCc2ccc(Cl)cc2)c1. The van der Waals surface area contributed by atoms with Crippen LogP contribution in [0.2, 0.25) is 5.02 Å². The number of hydrogen-bond donors (Lipinski definition) is 3. The van der Waals surface area contributed by atoms with Crippen molar-refractivity contribution in [3.63, 3.8) is 0 Å². The minimum atomic E-state index is -0.129. The number of amides is 2. The van der Waals surface area contributed by atoms with Crippen LogP contribution in [-0.2, 0) is 11.3 Å². The first kappa shape index (κ1) is 18.8. The number of carbonyl (C=O) groups excluding carboxylic acids is 2. The van der Waals surface area contributed by atoms with Gasteiger partial charge in [0, 0.05) is 29.4 Å². The van der Waals surface area contributed by atoms with E-state index in [9.17, 15) is 9.59 Å². The molecule has 132 valence electrons. The molecule has 2 aromatic rings. The van der Waals surface area contributed by atoms with E-state index < -0.39 is 0 Å². The second-order valence-electron chi connectivity index (χ2n) is 5.59. The third kappa shape index (κ3) is 6.47. The van der Waals surface area contributed by atoms with Gasteiger partial charge in [-0.25, -0.2) is 0 Å². The second kappa shape index (κ2) is 9.69. The largest absolute Gasteiger partial charge is 0.376 e. The molecule has 6 heteroatoms. The summed E-state index contributed by atoms with van der Waals surface area (Å²) in [5, 5.41) is 9.35. The van der Waals surface area contributed by atoms with E-state index in [4.69, 9.17) is 11.6 Å². The Balaban J connectivity index is 1.81. The van der Waals surface area contributed by atoms with Gasteiger partial charge < -0.3 is 16.0 Å². The van der Waals surface area contributed by atoms with Crippen molar-refractivity contribution in [2.24, 2.45) is 0 Å². The Hall–Kier alpha value is -2.53. The standard InChI is InChI=1S/C19H22ClN3O2/c1-2-10-21-19(25)15-4-3-5-17(11-15)22-13-18(24)23-12-14-6-8-16(20)9-7-14/h3-9,11,22H,2,10,12-13H2,1H3,(H,21,25)(H,23,24). The van der Waals surface area contributed by atoms with Crippen molar-refractivity contribution >= 4 is 29.1 Å². The predicted molar refractivity (Wildman–Crippen MR) is 101 cm³/mol. The number of hydrogen-bond acceptors (Lipinski definition) is 3. The summed E-state index contributed by atoms with van der Waals surface area (Å²) in [6.45, 7) is 3.22. The van der Waals surface area contributed by atoms with Crippen LogP contribution in [0.5, 0.6) is 0 Å². The van der Waals surface area contributed by atoms with Crippen LogP contribution in [0.3, 0.4) is 0 Å². The minimum Gasteiger partial charge on any atom is -0.376 e. The molecule has 0 aliphatic rings. The topological polar surface area (TPSA) is 70.2 Å². The van der Waals surface area contributed by atoms with Crippen LogP contribution in [-0.4, -0.2) is 24.9 Å². The van der Waals surface area contributed by atoms with Crippen molar-refractivity contribution < 1.29 is 9.59 Å². The molecule has 2 rings (SSSR count). The van der Waals surface area contributed by atoms with Gasteiger partial charge in [-0.2, -0.15) is 0 Å². The van der Waals surface area contributed by atoms with Crippen LogP contribution in [0, 0.1) is 0 Å². The smallest absolute Gasteiger partial charge is 0.251 e. The lowest BCUT2D eigenvalue weighted by Crippen LogP contribution is -2.29. The first-order valence-electron chi connectivity index (χ1n) is 8.21. The summed E-state index contributed by atoms with van der Waals surface area (Å²) in [6, 6.07) is 14.4. The van der Waals surface area contributed by atoms with Gasteiger partial charge >= 0.3 is 0 Å². The van der Waals surface area contributed by atoms with Crippen molar-refractivity contribution in [2.45, 2.75) is 19.9 Å². The number of benzene rings is 2. The molecular formula is C19H22ClN3O2. The van der Waals surface area contributed by atoms with E-state index in [1.807, 2.05) is 25.1 Å². The Labute approximate surface area is 152 Å². The highest BCUT2D eigenvalue weighted by atomic mass is 35.5. The molecule has 0 aliphatic heterocycles. The molecule has 2 aromatic carbocycles. The van der Waals surface area contributed by atoms with Crippen molar-refractivity contribution in [2.75, 3.05) is 18.4 Å². The van der Waals surface area contributed by atoms with Gasteiger partial charge in [-0.1, -0.05) is 36.7 Å². The zero-order valence-corrected chi connectivity index (χ0v) is 14.9. The van der Waals surface area contributed by atoms with Crippen LogP contribution >= 0.6 is 11.6 Å². The molecule has 0 aromatic heterocycles. The lowest BCUT2D eigenvalue weighted by Gasteiger charge is -2.09. The number of halogens is 1. The predicted octanol–water partition coefficient (Wildman–Crippen LogP) is 3.21. The van der Waals surface area contributed by atoms with Gasteiger partial charge in [-0.3, -0.25) is 9.59 Å². The summed E-state index contributed by atoms with van der Waals surface area (Å²) in [6.07, 6.45) is 0.886. The monoisotopic (exact) mass is 359 g/mol. The van der Waals surface area contributed by atoms with Crippen LogP contribution in [0.1, 0.15) is 29.3 Å². The van der Waals surface area contributed by atoms with Gasteiger partial charge in [0.2, 0.25) is 5.91 Å². The highest BCUT2D eigenvalue weighted by Crippen LogP contribution is 2.11. The summed E-state index contributed by atoms with van der Waals surface area (Å²) in [7, 11) is 0. The minimum absolute atomic E-state index is 0.113. The van der Waals surface area contributed by atoms with Gasteiger partial charge in [0.15, 0.2) is 0 Å². The first-order valence-corrected chi connectivity index (χ1v) is 8.59. The van der Waals surface area contributed by atoms with Crippen molar-refractivity contribution in [1.82, 2.24) is 10.6 Å². The molecule has 0 aliphatic carbocycles. The van der Waals surface area contributed by atoms with Gasteiger partial charge in [-0.15, -0.1) is 0 Å². The summed E-state index contributed by atoms with van der Waals surface area (Å²) in [4.78, 5) is 23.9. The summed E-state index contributed by atoms with van der Waals surface area (Å²) in [5.74, 6) is -0.242. The van der Waals surface area contributed by atoms with Crippen molar-refractivity contribution in [3.05, 3.63) is 64.7 Å². The average molecular weight is 360 g/mol. The fourth-order valence-electron chi connectivity index (χ4n) is 2.16. The molecule has 0 radical (unpaired) electrons. The maximum atomic E-state index is 11.9. The molecule has 0 unspecified atom stereocenters. The zero-order valence-electron chi connectivity index (χ0n) is 14.1. The lowest BCUT2D eigenvalue weighted by molar-refractivity contribution is -0.119. The van der Waals surface area contributed by atoms with E-state index in [0.29, 0.717) is 23.7 Å². The third-order valence-corrected chi connectivity index (χ3v) is 3.77. The van der Waals surface area contributed by atoms with Gasteiger partial charge in [-0.05, 0) is 42.3 Å². The molecule has 25 heavy (non-hydrogen) atoms. The van der Waals surface area contributed by atoms with Crippen molar-refractivity contribution in [3.8, 4) is 0 Å². The second-order valence-corrected chi connectivity index (χ2v) is 6.03. The Morgan fingerprint density at radius 3 is 2.52 bits per heavy atom. The van der Waals surface area contributed by atoms with Crippen LogP contribution in [0.25, 0.3) is 0 Å². The summed E-state index contributed by atoms with van der Waals surface area (Å²) in [5.41, 5.74) is 2.28. The molecule has 0 fully saturated rings. The lowest BCUT2D eigenvalue weighted by atomic mass is 10.2. The number of rotatable bonds is 8. The molecule has 0 heterocycles. The maximum absolute atomic E-state index is 11.9. The summed E-state index contributed by atoms with van der Waals surface area (Å²) >= 11 is 5.83. The van der Waals surface area contributed by atoms with Crippen LogP contribution in [0.4, 0.5) is 5.69 Å². The molecule has 0 atom stereocenters. The highest BCUT2D eigenvalue weighted by Gasteiger charge is 2.06. The van der Waals surface area contributed by atoms with Crippen LogP contribution < -0.4 is 16.0 Å². The van der Waals surface area contributed by atoms with Gasteiger partial charge in [0.25, 0.3) is 5.91 Å².